The molecule has 6 aromatic rings. The van der Waals surface area contributed by atoms with Crippen molar-refractivity contribution in [3.8, 4) is 28.2 Å². The van der Waals surface area contributed by atoms with E-state index in [9.17, 15) is 9.59 Å². The molecule has 0 aliphatic carbocycles. The van der Waals surface area contributed by atoms with Gasteiger partial charge in [-0.3, -0.25) is 9.59 Å². The molecule has 0 saturated carbocycles. The summed E-state index contributed by atoms with van der Waals surface area (Å²) < 4.78 is 7.07. The molecule has 0 saturated heterocycles. The van der Waals surface area contributed by atoms with Crippen molar-refractivity contribution in [2.45, 2.75) is 0 Å². The summed E-state index contributed by atoms with van der Waals surface area (Å²) in [5.41, 5.74) is 6.76. The highest BCUT2D eigenvalue weighted by molar-refractivity contribution is 6.08. The SMILES string of the molecule is O=C(/C=C/c1ccc(-n2nc(-c3ccccc3)cc2-c2ccccc2)cc1)c1cccc(NC(=O)c2ccco2)c1. The molecule has 0 spiro atoms. The first-order valence-electron chi connectivity index (χ1n) is 13.1. The summed E-state index contributed by atoms with van der Waals surface area (Å²) >= 11 is 0. The van der Waals surface area contributed by atoms with Gasteiger partial charge in [0.2, 0.25) is 0 Å². The Morgan fingerprint density at radius 1 is 0.732 bits per heavy atom. The van der Waals surface area contributed by atoms with E-state index in [0.29, 0.717) is 11.3 Å². The standard InChI is InChI=1S/C35H25N3O3/c39-33(28-13-7-14-29(23-28)36-35(40)34-15-8-22-41-34)21-18-25-16-19-30(20-17-25)38-32(27-11-5-2-6-12-27)24-31(37-38)26-9-3-1-4-10-26/h1-24H,(H,36,40)/b21-18+. The van der Waals surface area contributed by atoms with E-state index in [1.165, 1.54) is 12.3 Å². The lowest BCUT2D eigenvalue weighted by Crippen LogP contribution is -2.11. The van der Waals surface area contributed by atoms with E-state index < -0.39 is 0 Å². The number of nitrogens with zero attached hydrogens (tertiary/aromatic N) is 2. The second kappa shape index (κ2) is 11.6. The number of nitrogens with one attached hydrogen (secondary N) is 1. The number of rotatable bonds is 8. The molecule has 6 rings (SSSR count). The Hall–Kier alpha value is -5.75. The zero-order chi connectivity index (χ0) is 28.0. The van der Waals surface area contributed by atoms with Gasteiger partial charge in [0.15, 0.2) is 11.5 Å². The van der Waals surface area contributed by atoms with Crippen LogP contribution in [0.15, 0.2) is 144 Å². The van der Waals surface area contributed by atoms with Gasteiger partial charge in [-0.25, -0.2) is 4.68 Å². The molecule has 0 atom stereocenters. The molecule has 2 heterocycles. The molecule has 1 amide bonds. The Bertz CT molecular complexity index is 1820. The zero-order valence-corrected chi connectivity index (χ0v) is 22.0. The number of benzene rings is 4. The molecule has 0 bridgehead atoms. The maximum atomic E-state index is 12.9. The van der Waals surface area contributed by atoms with Crippen molar-refractivity contribution in [2.24, 2.45) is 0 Å². The van der Waals surface area contributed by atoms with Crippen molar-refractivity contribution in [2.75, 3.05) is 5.32 Å². The molecule has 0 aliphatic heterocycles. The Labute approximate surface area is 237 Å². The molecule has 6 nitrogen and oxygen atoms in total. The molecular weight excluding hydrogens is 510 g/mol. The minimum atomic E-state index is -0.376. The second-order valence-electron chi connectivity index (χ2n) is 9.36. The predicted molar refractivity (Wildman–Crippen MR) is 161 cm³/mol. The van der Waals surface area contributed by atoms with Gasteiger partial charge in [-0.15, -0.1) is 0 Å². The molecule has 0 unspecified atom stereocenters. The highest BCUT2D eigenvalue weighted by Gasteiger charge is 2.13. The van der Waals surface area contributed by atoms with Crippen LogP contribution in [0.5, 0.6) is 0 Å². The summed E-state index contributed by atoms with van der Waals surface area (Å²) in [4.78, 5) is 25.1. The fraction of sp³-hybridized carbons (Fsp3) is 0. The number of ketones is 1. The van der Waals surface area contributed by atoms with E-state index in [-0.39, 0.29) is 17.5 Å². The van der Waals surface area contributed by atoms with Crippen LogP contribution in [0.4, 0.5) is 5.69 Å². The summed E-state index contributed by atoms with van der Waals surface area (Å²) in [5.74, 6) is -0.347. The van der Waals surface area contributed by atoms with Crippen LogP contribution in [-0.2, 0) is 0 Å². The summed E-state index contributed by atoms with van der Waals surface area (Å²) in [6, 6.07) is 40.3. The van der Waals surface area contributed by atoms with Gasteiger partial charge in [-0.05, 0) is 54.1 Å². The van der Waals surface area contributed by atoms with Crippen LogP contribution in [0, 0.1) is 0 Å². The van der Waals surface area contributed by atoms with E-state index in [1.54, 1.807) is 42.5 Å². The number of amides is 1. The molecule has 4 aromatic carbocycles. The van der Waals surface area contributed by atoms with Gasteiger partial charge in [0.25, 0.3) is 5.91 Å². The monoisotopic (exact) mass is 535 g/mol. The molecule has 6 heteroatoms. The van der Waals surface area contributed by atoms with Crippen LogP contribution in [0.25, 0.3) is 34.3 Å². The molecule has 0 radical (unpaired) electrons. The first kappa shape index (κ1) is 25.5. The van der Waals surface area contributed by atoms with Gasteiger partial charge in [0, 0.05) is 22.4 Å². The van der Waals surface area contributed by atoms with E-state index in [4.69, 9.17) is 9.52 Å². The molecule has 1 N–H and O–H groups in total. The van der Waals surface area contributed by atoms with Crippen molar-refractivity contribution < 1.29 is 14.0 Å². The Morgan fingerprint density at radius 3 is 2.17 bits per heavy atom. The highest BCUT2D eigenvalue weighted by Crippen LogP contribution is 2.29. The Balaban J connectivity index is 1.21. The predicted octanol–water partition coefficient (Wildman–Crippen LogP) is 7.95. The molecule has 0 fully saturated rings. The number of anilines is 1. The van der Waals surface area contributed by atoms with Crippen LogP contribution in [-0.4, -0.2) is 21.5 Å². The highest BCUT2D eigenvalue weighted by atomic mass is 16.3. The second-order valence-corrected chi connectivity index (χ2v) is 9.36. The number of hydrogen-bond acceptors (Lipinski definition) is 4. The molecule has 2 aromatic heterocycles. The van der Waals surface area contributed by atoms with Gasteiger partial charge >= 0.3 is 0 Å². The smallest absolute Gasteiger partial charge is 0.291 e. The fourth-order valence-electron chi connectivity index (χ4n) is 4.49. The van der Waals surface area contributed by atoms with Gasteiger partial charge in [0.1, 0.15) is 0 Å². The minimum Gasteiger partial charge on any atom is -0.459 e. The first-order valence-corrected chi connectivity index (χ1v) is 13.1. The molecule has 0 aliphatic rings. The minimum absolute atomic E-state index is 0.172. The van der Waals surface area contributed by atoms with Crippen LogP contribution < -0.4 is 5.32 Å². The van der Waals surface area contributed by atoms with Gasteiger partial charge in [-0.1, -0.05) is 91.0 Å². The summed E-state index contributed by atoms with van der Waals surface area (Å²) in [5, 5.41) is 7.67. The van der Waals surface area contributed by atoms with Crippen molar-refractivity contribution in [3.05, 3.63) is 157 Å². The maximum absolute atomic E-state index is 12.9. The van der Waals surface area contributed by atoms with E-state index in [0.717, 1.165) is 33.8 Å². The zero-order valence-electron chi connectivity index (χ0n) is 22.0. The van der Waals surface area contributed by atoms with Crippen LogP contribution in [0.2, 0.25) is 0 Å². The summed E-state index contributed by atoms with van der Waals surface area (Å²) in [7, 11) is 0. The number of carbonyl (C=O) groups excluding carboxylic acids is 2. The summed E-state index contributed by atoms with van der Waals surface area (Å²) in [6.07, 6.45) is 4.74. The average molecular weight is 536 g/mol. The van der Waals surface area contributed by atoms with Crippen molar-refractivity contribution in [3.63, 3.8) is 0 Å². The maximum Gasteiger partial charge on any atom is 0.291 e. The first-order chi connectivity index (χ1) is 20.1. The van der Waals surface area contributed by atoms with Crippen molar-refractivity contribution in [1.29, 1.82) is 0 Å². The molecule has 198 valence electrons. The van der Waals surface area contributed by atoms with Crippen LogP contribution >= 0.6 is 0 Å². The Kier molecular flexibility index (Phi) is 7.19. The number of hydrogen-bond donors (Lipinski definition) is 1. The third-order valence-electron chi connectivity index (χ3n) is 6.56. The van der Waals surface area contributed by atoms with Crippen molar-refractivity contribution in [1.82, 2.24) is 9.78 Å². The molecular formula is C35H25N3O3. The molecule has 41 heavy (non-hydrogen) atoms. The van der Waals surface area contributed by atoms with E-state index in [2.05, 4.69) is 35.6 Å². The van der Waals surface area contributed by atoms with E-state index in [1.807, 2.05) is 65.3 Å². The third-order valence-corrected chi connectivity index (χ3v) is 6.56. The average Bonchev–Trinajstić information content (AvgIpc) is 3.73. The van der Waals surface area contributed by atoms with E-state index >= 15 is 0 Å². The normalized spacial score (nSPS) is 11.0. The topological polar surface area (TPSA) is 77.1 Å². The lowest BCUT2D eigenvalue weighted by Gasteiger charge is -2.08. The third kappa shape index (κ3) is 5.82. The fourth-order valence-corrected chi connectivity index (χ4v) is 4.49. The van der Waals surface area contributed by atoms with Gasteiger partial charge < -0.3 is 9.73 Å². The van der Waals surface area contributed by atoms with Gasteiger partial charge in [-0.2, -0.15) is 5.10 Å². The van der Waals surface area contributed by atoms with Gasteiger partial charge in [0.05, 0.1) is 23.3 Å². The quantitative estimate of drug-likeness (QED) is 0.158. The lowest BCUT2D eigenvalue weighted by molar-refractivity contribution is 0.0994. The van der Waals surface area contributed by atoms with Crippen LogP contribution in [0.1, 0.15) is 26.5 Å². The van der Waals surface area contributed by atoms with Crippen LogP contribution in [0.3, 0.4) is 0 Å². The Morgan fingerprint density at radius 2 is 1.46 bits per heavy atom. The van der Waals surface area contributed by atoms with Crippen molar-refractivity contribution >= 4 is 23.5 Å². The number of allylic oxidation sites excluding steroid dienone is 1. The number of carbonyl (C=O) groups is 2. The lowest BCUT2D eigenvalue weighted by atomic mass is 10.1. The number of furan rings is 1. The number of aromatic nitrogens is 2. The largest absolute Gasteiger partial charge is 0.459 e. The summed E-state index contributed by atoms with van der Waals surface area (Å²) in [6.45, 7) is 0.